The van der Waals surface area contributed by atoms with E-state index in [-0.39, 0.29) is 10.7 Å². The van der Waals surface area contributed by atoms with Gasteiger partial charge in [-0.05, 0) is 35.8 Å². The zero-order valence-electron chi connectivity index (χ0n) is 16.8. The molecule has 2 fully saturated rings. The summed E-state index contributed by atoms with van der Waals surface area (Å²) in [4.78, 5) is 28.1. The Morgan fingerprint density at radius 2 is 2.03 bits per heavy atom. The van der Waals surface area contributed by atoms with Crippen molar-refractivity contribution in [1.82, 2.24) is 19.3 Å². The largest absolute Gasteiger partial charge is 0.373 e. The molecule has 3 aromatic heterocycles. The molecule has 158 valence electrons. The third kappa shape index (κ3) is 3.72. The summed E-state index contributed by atoms with van der Waals surface area (Å²) in [6.07, 6.45) is 5.78. The van der Waals surface area contributed by atoms with Crippen LogP contribution in [0.2, 0.25) is 0 Å². The number of rotatable bonds is 5. The molecule has 30 heavy (non-hydrogen) atoms. The van der Waals surface area contributed by atoms with E-state index in [2.05, 4.69) is 30.7 Å². The summed E-state index contributed by atoms with van der Waals surface area (Å²) in [5, 5.41) is 13.5. The van der Waals surface area contributed by atoms with E-state index < -0.39 is 0 Å². The van der Waals surface area contributed by atoms with Gasteiger partial charge in [0.2, 0.25) is 5.82 Å². The van der Waals surface area contributed by atoms with Gasteiger partial charge in [-0.2, -0.15) is 9.38 Å². The van der Waals surface area contributed by atoms with Gasteiger partial charge in [0, 0.05) is 57.4 Å². The first-order valence-corrected chi connectivity index (χ1v) is 11.3. The van der Waals surface area contributed by atoms with Crippen molar-refractivity contribution in [3.05, 3.63) is 46.1 Å². The van der Waals surface area contributed by atoms with Crippen LogP contribution in [-0.2, 0) is 0 Å². The quantitative estimate of drug-likeness (QED) is 0.457. The van der Waals surface area contributed by atoms with E-state index in [1.54, 1.807) is 10.6 Å². The lowest BCUT2D eigenvalue weighted by Gasteiger charge is -2.39. The fourth-order valence-corrected chi connectivity index (χ4v) is 5.32. The molecule has 10 heteroatoms. The Kier molecular flexibility index (Phi) is 5.26. The van der Waals surface area contributed by atoms with E-state index in [4.69, 9.17) is 0 Å². The van der Waals surface area contributed by atoms with Crippen LogP contribution in [0.15, 0.2) is 36.0 Å². The second-order valence-electron chi connectivity index (χ2n) is 8.00. The fourth-order valence-electron chi connectivity index (χ4n) is 4.62. The Morgan fingerprint density at radius 3 is 2.80 bits per heavy atom. The number of anilines is 2. The number of nitro groups is 1. The lowest BCUT2D eigenvalue weighted by atomic mass is 9.97. The number of aromatic nitrogens is 3. The Bertz CT molecular complexity index is 1010. The normalized spacial score (nSPS) is 20.7. The third-order valence-electron chi connectivity index (χ3n) is 6.07. The monoisotopic (exact) mass is 427 g/mol. The molecular formula is C20H25N7O2S. The van der Waals surface area contributed by atoms with Crippen molar-refractivity contribution in [3.8, 4) is 0 Å². The van der Waals surface area contributed by atoms with Crippen LogP contribution in [0.3, 0.4) is 0 Å². The number of pyridine rings is 1. The topological polar surface area (TPSA) is 83.0 Å². The molecule has 9 nitrogen and oxygen atoms in total. The minimum absolute atomic E-state index is 0.0934. The van der Waals surface area contributed by atoms with Crippen molar-refractivity contribution in [2.75, 3.05) is 55.6 Å². The van der Waals surface area contributed by atoms with Gasteiger partial charge >= 0.3 is 5.82 Å². The van der Waals surface area contributed by atoms with Gasteiger partial charge in [-0.15, -0.1) is 0 Å². The van der Waals surface area contributed by atoms with Crippen molar-refractivity contribution in [2.24, 2.45) is 5.92 Å². The SMILES string of the molecule is O=[N+]([O-])c1c(N2CCCC(CN3CCN(c4ccccn4)CC3)C2)nc2sccn12. The van der Waals surface area contributed by atoms with Crippen LogP contribution >= 0.6 is 11.3 Å². The zero-order chi connectivity index (χ0) is 20.5. The van der Waals surface area contributed by atoms with E-state index in [1.807, 2.05) is 23.7 Å². The van der Waals surface area contributed by atoms with Crippen LogP contribution < -0.4 is 9.80 Å². The first-order valence-electron chi connectivity index (χ1n) is 10.4. The van der Waals surface area contributed by atoms with Crippen LogP contribution in [0.5, 0.6) is 0 Å². The lowest BCUT2D eigenvalue weighted by molar-refractivity contribution is -0.389. The summed E-state index contributed by atoms with van der Waals surface area (Å²) in [5.74, 6) is 2.17. The van der Waals surface area contributed by atoms with Crippen LogP contribution in [-0.4, -0.2) is 70.0 Å². The molecule has 2 aliphatic heterocycles. The molecule has 0 radical (unpaired) electrons. The highest BCUT2D eigenvalue weighted by molar-refractivity contribution is 7.15. The van der Waals surface area contributed by atoms with E-state index in [1.165, 1.54) is 11.3 Å². The van der Waals surface area contributed by atoms with Crippen LogP contribution in [0.1, 0.15) is 12.8 Å². The predicted molar refractivity (Wildman–Crippen MR) is 118 cm³/mol. The van der Waals surface area contributed by atoms with Gasteiger partial charge in [-0.3, -0.25) is 4.90 Å². The van der Waals surface area contributed by atoms with Crippen LogP contribution in [0.4, 0.5) is 17.5 Å². The van der Waals surface area contributed by atoms with Gasteiger partial charge in [0.05, 0.1) is 0 Å². The lowest BCUT2D eigenvalue weighted by Crippen LogP contribution is -2.50. The Hall–Kier alpha value is -2.72. The number of piperidine rings is 1. The summed E-state index contributed by atoms with van der Waals surface area (Å²) >= 11 is 1.43. The van der Waals surface area contributed by atoms with E-state index in [0.29, 0.717) is 16.7 Å². The van der Waals surface area contributed by atoms with Crippen molar-refractivity contribution in [3.63, 3.8) is 0 Å². The van der Waals surface area contributed by atoms with Gasteiger partial charge in [-0.1, -0.05) is 17.4 Å². The van der Waals surface area contributed by atoms with Crippen molar-refractivity contribution < 1.29 is 4.92 Å². The van der Waals surface area contributed by atoms with E-state index in [0.717, 1.165) is 64.5 Å². The molecule has 0 N–H and O–H groups in total. The minimum Gasteiger partial charge on any atom is -0.358 e. The zero-order valence-corrected chi connectivity index (χ0v) is 17.6. The molecule has 3 aromatic rings. The number of nitrogens with zero attached hydrogens (tertiary/aromatic N) is 7. The first-order chi connectivity index (χ1) is 14.7. The maximum Gasteiger partial charge on any atom is 0.373 e. The smallest absolute Gasteiger partial charge is 0.358 e. The molecule has 1 atom stereocenters. The number of thiazole rings is 1. The van der Waals surface area contributed by atoms with Crippen LogP contribution in [0, 0.1) is 16.0 Å². The first kappa shape index (κ1) is 19.3. The Morgan fingerprint density at radius 1 is 1.17 bits per heavy atom. The van der Waals surface area contributed by atoms with Gasteiger partial charge in [-0.25, -0.2) is 4.98 Å². The maximum absolute atomic E-state index is 11.7. The van der Waals surface area contributed by atoms with Crippen molar-refractivity contribution in [1.29, 1.82) is 0 Å². The second kappa shape index (κ2) is 8.19. The molecule has 0 amide bonds. The summed E-state index contributed by atoms with van der Waals surface area (Å²) in [6, 6.07) is 6.05. The number of imidazole rings is 1. The predicted octanol–water partition coefficient (Wildman–Crippen LogP) is 2.74. The number of piperazine rings is 1. The molecule has 0 aromatic carbocycles. The fraction of sp³-hybridized carbons (Fsp3) is 0.500. The van der Waals surface area contributed by atoms with Gasteiger partial charge in [0.25, 0.3) is 4.96 Å². The molecular weight excluding hydrogens is 402 g/mol. The molecule has 2 aliphatic rings. The molecule has 2 saturated heterocycles. The molecule has 5 rings (SSSR count). The van der Waals surface area contributed by atoms with Gasteiger partial charge in [0.15, 0.2) is 0 Å². The van der Waals surface area contributed by atoms with Gasteiger partial charge < -0.3 is 19.9 Å². The summed E-state index contributed by atoms with van der Waals surface area (Å²) in [7, 11) is 0. The minimum atomic E-state index is -0.303. The van der Waals surface area contributed by atoms with Crippen LogP contribution in [0.25, 0.3) is 4.96 Å². The second-order valence-corrected chi connectivity index (χ2v) is 8.87. The van der Waals surface area contributed by atoms with Crippen molar-refractivity contribution in [2.45, 2.75) is 12.8 Å². The van der Waals surface area contributed by atoms with Gasteiger partial charge in [0.1, 0.15) is 12.0 Å². The summed E-state index contributed by atoms with van der Waals surface area (Å²) in [6.45, 7) is 6.69. The standard InChI is InChI=1S/C20H25N7O2S/c28-27(29)19-18(22-20-26(19)12-13-30-20)25-7-3-4-16(15-25)14-23-8-10-24(11-9-23)17-5-1-2-6-21-17/h1-2,5-6,12-13,16H,3-4,7-11,14-15H2. The molecule has 0 bridgehead atoms. The summed E-state index contributed by atoms with van der Waals surface area (Å²) < 4.78 is 1.60. The number of fused-ring (bicyclic) bond motifs is 1. The Balaban J connectivity index is 1.22. The molecule has 0 aliphatic carbocycles. The van der Waals surface area contributed by atoms with Crippen molar-refractivity contribution >= 4 is 33.8 Å². The Labute approximate surface area is 178 Å². The average Bonchev–Trinajstić information content (AvgIpc) is 3.36. The highest BCUT2D eigenvalue weighted by Gasteiger charge is 2.32. The highest BCUT2D eigenvalue weighted by Crippen LogP contribution is 2.33. The molecule has 5 heterocycles. The molecule has 1 unspecified atom stereocenters. The third-order valence-corrected chi connectivity index (χ3v) is 6.83. The molecule has 0 spiro atoms. The molecule has 0 saturated carbocycles. The maximum atomic E-state index is 11.7. The number of hydrogen-bond acceptors (Lipinski definition) is 8. The van der Waals surface area contributed by atoms with E-state index >= 15 is 0 Å². The highest BCUT2D eigenvalue weighted by atomic mass is 32.1. The average molecular weight is 428 g/mol. The number of hydrogen-bond donors (Lipinski definition) is 0. The van der Waals surface area contributed by atoms with E-state index in [9.17, 15) is 10.1 Å². The summed E-state index contributed by atoms with van der Waals surface area (Å²) in [5.41, 5.74) is 0.